The fraction of sp³-hybridized carbons (Fsp3) is 0.435. The summed E-state index contributed by atoms with van der Waals surface area (Å²) in [5.74, 6) is 3.37. The SMILES string of the molecule is COc1ccc(CCNC(=NCc2nnc(C)n2C)NCC(C)(C)c2cccs2)cc1.I. The largest absolute Gasteiger partial charge is 0.497 e. The first-order valence-electron chi connectivity index (χ1n) is 10.4. The minimum absolute atomic E-state index is 0. The van der Waals surface area contributed by atoms with E-state index in [1.807, 2.05) is 30.7 Å². The standard InChI is InChI=1S/C23H32N6OS.HI/c1-17-27-28-21(29(17)4)15-25-22(26-16-23(2,3)20-7-6-14-31-20)24-13-12-18-8-10-19(30-5)11-9-18;/h6-11,14H,12-13,15-16H2,1-5H3,(H2,24,25,26);1H. The fourth-order valence-electron chi connectivity index (χ4n) is 3.09. The molecule has 1 aromatic carbocycles. The van der Waals surface area contributed by atoms with Crippen LogP contribution in [0.5, 0.6) is 5.75 Å². The van der Waals surface area contributed by atoms with E-state index < -0.39 is 0 Å². The second-order valence-electron chi connectivity index (χ2n) is 8.13. The summed E-state index contributed by atoms with van der Waals surface area (Å²) in [6.45, 7) is 8.44. The van der Waals surface area contributed by atoms with E-state index in [1.165, 1.54) is 10.4 Å². The Labute approximate surface area is 211 Å². The first-order valence-corrected chi connectivity index (χ1v) is 11.3. The summed E-state index contributed by atoms with van der Waals surface area (Å²) in [4.78, 5) is 6.11. The summed E-state index contributed by atoms with van der Waals surface area (Å²) in [6, 6.07) is 12.4. The lowest BCUT2D eigenvalue weighted by Gasteiger charge is -2.25. The van der Waals surface area contributed by atoms with Gasteiger partial charge in [0.25, 0.3) is 0 Å². The van der Waals surface area contributed by atoms with Crippen molar-refractivity contribution in [2.24, 2.45) is 12.0 Å². The molecule has 0 aliphatic heterocycles. The van der Waals surface area contributed by atoms with Crippen LogP contribution in [0, 0.1) is 6.92 Å². The number of nitrogens with one attached hydrogen (secondary N) is 2. The molecule has 9 heteroatoms. The van der Waals surface area contributed by atoms with E-state index in [4.69, 9.17) is 9.73 Å². The lowest BCUT2D eigenvalue weighted by Crippen LogP contribution is -2.44. The van der Waals surface area contributed by atoms with Gasteiger partial charge in [-0.15, -0.1) is 45.5 Å². The molecule has 0 saturated carbocycles. The Morgan fingerprint density at radius 1 is 1.16 bits per heavy atom. The molecule has 0 unspecified atom stereocenters. The third kappa shape index (κ3) is 7.19. The van der Waals surface area contributed by atoms with Gasteiger partial charge in [0.1, 0.15) is 18.1 Å². The van der Waals surface area contributed by atoms with Crippen molar-refractivity contribution in [2.75, 3.05) is 20.2 Å². The van der Waals surface area contributed by atoms with E-state index >= 15 is 0 Å². The van der Waals surface area contributed by atoms with Crippen LogP contribution < -0.4 is 15.4 Å². The highest BCUT2D eigenvalue weighted by Crippen LogP contribution is 2.26. The van der Waals surface area contributed by atoms with Crippen molar-refractivity contribution in [3.63, 3.8) is 0 Å². The van der Waals surface area contributed by atoms with Crippen LogP contribution in [0.4, 0.5) is 0 Å². The van der Waals surface area contributed by atoms with Crippen LogP contribution in [-0.4, -0.2) is 40.9 Å². The molecule has 7 nitrogen and oxygen atoms in total. The number of guanidine groups is 1. The Balaban J connectivity index is 0.00000363. The van der Waals surface area contributed by atoms with E-state index in [9.17, 15) is 0 Å². The molecule has 0 aliphatic carbocycles. The molecule has 2 N–H and O–H groups in total. The Morgan fingerprint density at radius 2 is 1.91 bits per heavy atom. The van der Waals surface area contributed by atoms with Crippen molar-refractivity contribution in [1.82, 2.24) is 25.4 Å². The molecule has 174 valence electrons. The summed E-state index contributed by atoms with van der Waals surface area (Å²) in [5, 5.41) is 17.4. The molecule has 0 spiro atoms. The minimum Gasteiger partial charge on any atom is -0.497 e. The predicted molar refractivity (Wildman–Crippen MR) is 142 cm³/mol. The van der Waals surface area contributed by atoms with Crippen LogP contribution in [0.25, 0.3) is 0 Å². The molecular weight excluding hydrogens is 535 g/mol. The van der Waals surface area contributed by atoms with E-state index in [0.717, 1.165) is 42.9 Å². The van der Waals surface area contributed by atoms with Crippen LogP contribution >= 0.6 is 35.3 Å². The number of aromatic nitrogens is 3. The lowest BCUT2D eigenvalue weighted by molar-refractivity contribution is 0.414. The van der Waals surface area contributed by atoms with Crippen molar-refractivity contribution in [2.45, 2.75) is 39.2 Å². The summed E-state index contributed by atoms with van der Waals surface area (Å²) < 4.78 is 7.20. The number of aliphatic imine (C=N–C) groups is 1. The molecule has 3 rings (SSSR count). The van der Waals surface area contributed by atoms with Gasteiger partial charge in [-0.3, -0.25) is 0 Å². The molecule has 0 saturated heterocycles. The molecule has 0 atom stereocenters. The van der Waals surface area contributed by atoms with Gasteiger partial charge in [0, 0.05) is 30.4 Å². The Bertz CT molecular complexity index is 983. The van der Waals surface area contributed by atoms with Gasteiger partial charge in [0.15, 0.2) is 11.8 Å². The maximum absolute atomic E-state index is 5.23. The van der Waals surface area contributed by atoms with Crippen LogP contribution in [0.3, 0.4) is 0 Å². The van der Waals surface area contributed by atoms with Gasteiger partial charge in [-0.2, -0.15) is 0 Å². The van der Waals surface area contributed by atoms with Crippen molar-refractivity contribution >= 4 is 41.3 Å². The molecule has 32 heavy (non-hydrogen) atoms. The van der Waals surface area contributed by atoms with Crippen LogP contribution in [0.15, 0.2) is 46.8 Å². The Morgan fingerprint density at radius 3 is 2.50 bits per heavy atom. The zero-order valence-electron chi connectivity index (χ0n) is 19.4. The first kappa shape index (κ1) is 26.1. The highest BCUT2D eigenvalue weighted by molar-refractivity contribution is 14.0. The van der Waals surface area contributed by atoms with Crippen molar-refractivity contribution in [3.8, 4) is 5.75 Å². The lowest BCUT2D eigenvalue weighted by atomic mass is 9.91. The summed E-state index contributed by atoms with van der Waals surface area (Å²) in [7, 11) is 3.64. The maximum atomic E-state index is 5.23. The van der Waals surface area contributed by atoms with Crippen molar-refractivity contribution < 1.29 is 4.74 Å². The van der Waals surface area contributed by atoms with E-state index in [-0.39, 0.29) is 29.4 Å². The smallest absolute Gasteiger partial charge is 0.191 e. The number of hydrogen-bond donors (Lipinski definition) is 2. The summed E-state index contributed by atoms with van der Waals surface area (Å²) in [5.41, 5.74) is 1.25. The Hall–Kier alpha value is -2.14. The third-order valence-corrected chi connectivity index (χ3v) is 6.55. The Kier molecular flexibility index (Phi) is 9.95. The average Bonchev–Trinajstić information content (AvgIpc) is 3.42. The minimum atomic E-state index is 0. The topological polar surface area (TPSA) is 76.4 Å². The molecule has 0 amide bonds. The molecule has 2 aromatic heterocycles. The number of aryl methyl sites for hydroxylation is 1. The van der Waals surface area contributed by atoms with Gasteiger partial charge in [0.05, 0.1) is 7.11 Å². The fourth-order valence-corrected chi connectivity index (χ4v) is 3.94. The highest BCUT2D eigenvalue weighted by Gasteiger charge is 2.22. The number of halogens is 1. The van der Waals surface area contributed by atoms with Gasteiger partial charge in [-0.1, -0.05) is 32.0 Å². The second kappa shape index (κ2) is 12.2. The normalized spacial score (nSPS) is 11.7. The molecule has 0 bridgehead atoms. The molecule has 2 heterocycles. The van der Waals surface area contributed by atoms with Crippen LogP contribution in [0.1, 0.15) is 35.9 Å². The van der Waals surface area contributed by atoms with Gasteiger partial charge in [-0.05, 0) is 42.5 Å². The second-order valence-corrected chi connectivity index (χ2v) is 9.07. The number of thiophene rings is 1. The number of hydrogen-bond acceptors (Lipinski definition) is 5. The number of benzene rings is 1. The van der Waals surface area contributed by atoms with E-state index in [1.54, 1.807) is 18.4 Å². The van der Waals surface area contributed by atoms with Crippen LogP contribution in [-0.2, 0) is 25.4 Å². The van der Waals surface area contributed by atoms with Crippen molar-refractivity contribution in [3.05, 3.63) is 63.9 Å². The molecule has 3 aromatic rings. The highest BCUT2D eigenvalue weighted by atomic mass is 127. The number of rotatable bonds is 9. The molecule has 0 fully saturated rings. The van der Waals surface area contributed by atoms with Crippen molar-refractivity contribution in [1.29, 1.82) is 0 Å². The third-order valence-electron chi connectivity index (χ3n) is 5.31. The molecule has 0 aliphatic rings. The molecule has 0 radical (unpaired) electrons. The van der Waals surface area contributed by atoms with E-state index in [2.05, 4.69) is 64.3 Å². The van der Waals surface area contributed by atoms with Gasteiger partial charge in [0.2, 0.25) is 0 Å². The summed E-state index contributed by atoms with van der Waals surface area (Å²) in [6.07, 6.45) is 0.891. The van der Waals surface area contributed by atoms with Gasteiger partial charge >= 0.3 is 0 Å². The van der Waals surface area contributed by atoms with Gasteiger partial charge < -0.3 is 19.9 Å². The number of nitrogens with zero attached hydrogens (tertiary/aromatic N) is 4. The predicted octanol–water partition coefficient (Wildman–Crippen LogP) is 4.07. The monoisotopic (exact) mass is 568 g/mol. The molecular formula is C23H33IN6OS. The first-order chi connectivity index (χ1) is 14.9. The zero-order valence-corrected chi connectivity index (χ0v) is 22.5. The average molecular weight is 569 g/mol. The summed E-state index contributed by atoms with van der Waals surface area (Å²) >= 11 is 1.78. The zero-order chi connectivity index (χ0) is 22.3. The van der Waals surface area contributed by atoms with Gasteiger partial charge in [-0.25, -0.2) is 4.99 Å². The van der Waals surface area contributed by atoms with E-state index in [0.29, 0.717) is 6.54 Å². The maximum Gasteiger partial charge on any atom is 0.191 e. The quantitative estimate of drug-likeness (QED) is 0.231. The number of methoxy groups -OCH3 is 1. The van der Waals surface area contributed by atoms with Crippen LogP contribution in [0.2, 0.25) is 0 Å². The number of ether oxygens (including phenoxy) is 1.